The van der Waals surface area contributed by atoms with E-state index in [-0.39, 0.29) is 6.61 Å². The minimum atomic E-state index is -0.0253. The van der Waals surface area contributed by atoms with Crippen LogP contribution < -0.4 is 5.32 Å². The zero-order chi connectivity index (χ0) is 22.9. The van der Waals surface area contributed by atoms with Crippen molar-refractivity contribution in [2.75, 3.05) is 5.32 Å². The number of nitrogens with one attached hydrogen (secondary N) is 2. The molecule has 0 radical (unpaired) electrons. The molecule has 4 aromatic heterocycles. The molecule has 4 heterocycles. The van der Waals surface area contributed by atoms with Gasteiger partial charge >= 0.3 is 0 Å². The largest absolute Gasteiger partial charge is 0.392 e. The summed E-state index contributed by atoms with van der Waals surface area (Å²) in [5.41, 5.74) is 7.15. The van der Waals surface area contributed by atoms with Crippen molar-refractivity contribution in [2.24, 2.45) is 0 Å². The third kappa shape index (κ3) is 3.74. The lowest BCUT2D eigenvalue weighted by atomic mass is 10.0. The number of aromatic nitrogens is 5. The second-order valence-electron chi connectivity index (χ2n) is 7.99. The zero-order valence-corrected chi connectivity index (χ0v) is 18.1. The van der Waals surface area contributed by atoms with Gasteiger partial charge in [0.05, 0.1) is 17.8 Å². The van der Waals surface area contributed by atoms with Crippen molar-refractivity contribution in [3.8, 4) is 22.4 Å². The summed E-state index contributed by atoms with van der Waals surface area (Å²) in [4.78, 5) is 21.5. The van der Waals surface area contributed by atoms with Crippen LogP contribution in [0.25, 0.3) is 44.3 Å². The molecular formula is C27H20N6O. The van der Waals surface area contributed by atoms with Crippen LogP contribution in [-0.4, -0.2) is 30.0 Å². The normalized spacial score (nSPS) is 11.2. The van der Waals surface area contributed by atoms with Crippen LogP contribution in [0.2, 0.25) is 0 Å². The average molecular weight is 444 g/mol. The summed E-state index contributed by atoms with van der Waals surface area (Å²) in [6.45, 7) is -0.0253. The van der Waals surface area contributed by atoms with Crippen molar-refractivity contribution in [3.05, 3.63) is 97.1 Å². The van der Waals surface area contributed by atoms with Crippen LogP contribution in [0.3, 0.4) is 0 Å². The molecule has 0 aliphatic carbocycles. The van der Waals surface area contributed by atoms with Crippen LogP contribution in [0.1, 0.15) is 5.56 Å². The number of nitrogens with zero attached hydrogens (tertiary/aromatic N) is 4. The SMILES string of the molecule is OCc1cccc(Nc2nc(-c3ccncc3)c3cc(-c4cnc5[nH]ccc5c4)ccc3n2)c1. The number of anilines is 2. The van der Waals surface area contributed by atoms with E-state index >= 15 is 0 Å². The number of fused-ring (bicyclic) bond motifs is 2. The van der Waals surface area contributed by atoms with Crippen molar-refractivity contribution in [1.82, 2.24) is 24.9 Å². The monoisotopic (exact) mass is 444 g/mol. The number of benzene rings is 2. The van der Waals surface area contributed by atoms with E-state index in [0.717, 1.165) is 55.6 Å². The van der Waals surface area contributed by atoms with Crippen molar-refractivity contribution >= 4 is 33.6 Å². The van der Waals surface area contributed by atoms with Gasteiger partial charge in [0.15, 0.2) is 0 Å². The van der Waals surface area contributed by atoms with Crippen LogP contribution in [0.5, 0.6) is 0 Å². The predicted molar refractivity (Wildman–Crippen MR) is 134 cm³/mol. The molecule has 164 valence electrons. The molecule has 0 bridgehead atoms. The number of rotatable bonds is 5. The first-order chi connectivity index (χ1) is 16.8. The summed E-state index contributed by atoms with van der Waals surface area (Å²) < 4.78 is 0. The summed E-state index contributed by atoms with van der Waals surface area (Å²) in [5.74, 6) is 0.484. The van der Waals surface area contributed by atoms with Crippen molar-refractivity contribution in [3.63, 3.8) is 0 Å². The molecule has 0 spiro atoms. The molecule has 0 saturated heterocycles. The summed E-state index contributed by atoms with van der Waals surface area (Å²) >= 11 is 0. The van der Waals surface area contributed by atoms with Crippen molar-refractivity contribution in [2.45, 2.75) is 6.61 Å². The molecular weight excluding hydrogens is 424 g/mol. The van der Waals surface area contributed by atoms with Gasteiger partial charge in [-0.3, -0.25) is 4.98 Å². The smallest absolute Gasteiger partial charge is 0.228 e. The lowest BCUT2D eigenvalue weighted by molar-refractivity contribution is 0.282. The zero-order valence-electron chi connectivity index (χ0n) is 18.1. The van der Waals surface area contributed by atoms with Crippen LogP contribution in [0.4, 0.5) is 11.6 Å². The van der Waals surface area contributed by atoms with Gasteiger partial charge in [-0.1, -0.05) is 18.2 Å². The van der Waals surface area contributed by atoms with Gasteiger partial charge in [-0.2, -0.15) is 0 Å². The van der Waals surface area contributed by atoms with E-state index in [4.69, 9.17) is 9.97 Å². The Hall–Kier alpha value is -4.62. The van der Waals surface area contributed by atoms with E-state index in [9.17, 15) is 5.11 Å². The number of aliphatic hydroxyl groups is 1. The highest BCUT2D eigenvalue weighted by Crippen LogP contribution is 2.32. The molecule has 7 heteroatoms. The van der Waals surface area contributed by atoms with E-state index in [1.165, 1.54) is 0 Å². The highest BCUT2D eigenvalue weighted by molar-refractivity contribution is 5.96. The first-order valence-corrected chi connectivity index (χ1v) is 10.9. The molecule has 34 heavy (non-hydrogen) atoms. The predicted octanol–water partition coefficient (Wildman–Crippen LogP) is 5.47. The Kier molecular flexibility index (Phi) is 4.94. The number of hydrogen-bond acceptors (Lipinski definition) is 6. The van der Waals surface area contributed by atoms with Crippen LogP contribution in [0.15, 0.2) is 91.5 Å². The maximum atomic E-state index is 9.46. The molecule has 0 aliphatic heterocycles. The van der Waals surface area contributed by atoms with Crippen LogP contribution in [-0.2, 0) is 6.61 Å². The summed E-state index contributed by atoms with van der Waals surface area (Å²) in [7, 11) is 0. The van der Waals surface area contributed by atoms with E-state index in [2.05, 4.69) is 38.5 Å². The number of pyridine rings is 2. The minimum absolute atomic E-state index is 0.0253. The molecule has 0 saturated carbocycles. The average Bonchev–Trinajstić information content (AvgIpc) is 3.37. The molecule has 7 nitrogen and oxygen atoms in total. The third-order valence-corrected chi connectivity index (χ3v) is 5.75. The molecule has 6 aromatic rings. The first-order valence-electron chi connectivity index (χ1n) is 10.9. The number of hydrogen-bond donors (Lipinski definition) is 3. The van der Waals surface area contributed by atoms with Crippen LogP contribution >= 0.6 is 0 Å². The lowest BCUT2D eigenvalue weighted by Gasteiger charge is -2.12. The fourth-order valence-corrected chi connectivity index (χ4v) is 4.07. The van der Waals surface area contributed by atoms with Gasteiger partial charge in [-0.05, 0) is 59.7 Å². The molecule has 0 fully saturated rings. The highest BCUT2D eigenvalue weighted by Gasteiger charge is 2.13. The van der Waals surface area contributed by atoms with Gasteiger partial charge in [0.2, 0.25) is 5.95 Å². The van der Waals surface area contributed by atoms with Gasteiger partial charge in [0.1, 0.15) is 5.65 Å². The standard InChI is InChI=1S/C27H20N6O/c34-16-17-2-1-3-22(12-17)31-27-32-24-5-4-19(21-13-20-8-11-29-26(20)30-15-21)14-23(24)25(33-27)18-6-9-28-10-7-18/h1-15,34H,16H2,(H,29,30)(H,31,32,33). The quantitative estimate of drug-likeness (QED) is 0.326. The second-order valence-corrected chi connectivity index (χ2v) is 7.99. The third-order valence-electron chi connectivity index (χ3n) is 5.75. The van der Waals surface area contributed by atoms with Crippen molar-refractivity contribution in [1.29, 1.82) is 0 Å². The van der Waals surface area contributed by atoms with Gasteiger partial charge in [0.25, 0.3) is 0 Å². The summed E-state index contributed by atoms with van der Waals surface area (Å²) in [6, 6.07) is 21.8. The van der Waals surface area contributed by atoms with Gasteiger partial charge in [-0.25, -0.2) is 15.0 Å². The number of aromatic amines is 1. The Labute approximate surface area is 195 Å². The molecule has 0 amide bonds. The molecule has 3 N–H and O–H groups in total. The van der Waals surface area contributed by atoms with Crippen molar-refractivity contribution < 1.29 is 5.11 Å². The summed E-state index contributed by atoms with van der Waals surface area (Å²) in [5, 5.41) is 14.7. The molecule has 6 rings (SSSR count). The Bertz CT molecular complexity index is 1630. The van der Waals surface area contributed by atoms with E-state index in [1.54, 1.807) is 12.4 Å². The number of aliphatic hydroxyl groups excluding tert-OH is 1. The fraction of sp³-hybridized carbons (Fsp3) is 0.0370. The Balaban J connectivity index is 1.49. The molecule has 0 atom stereocenters. The Morgan fingerprint density at radius 2 is 1.76 bits per heavy atom. The van der Waals surface area contributed by atoms with Gasteiger partial charge in [0, 0.05) is 52.4 Å². The fourth-order valence-electron chi connectivity index (χ4n) is 4.07. The van der Waals surface area contributed by atoms with E-state index in [0.29, 0.717) is 5.95 Å². The molecule has 0 aliphatic rings. The highest BCUT2D eigenvalue weighted by atomic mass is 16.3. The molecule has 2 aromatic carbocycles. The molecule has 0 unspecified atom stereocenters. The Morgan fingerprint density at radius 3 is 2.65 bits per heavy atom. The van der Waals surface area contributed by atoms with Crippen LogP contribution in [0, 0.1) is 0 Å². The van der Waals surface area contributed by atoms with Gasteiger partial charge < -0.3 is 15.4 Å². The van der Waals surface area contributed by atoms with E-state index < -0.39 is 0 Å². The lowest BCUT2D eigenvalue weighted by Crippen LogP contribution is -2.00. The van der Waals surface area contributed by atoms with Gasteiger partial charge in [-0.15, -0.1) is 0 Å². The second kappa shape index (κ2) is 8.38. The number of H-pyrrole nitrogens is 1. The maximum Gasteiger partial charge on any atom is 0.228 e. The Morgan fingerprint density at radius 1 is 0.853 bits per heavy atom. The van der Waals surface area contributed by atoms with E-state index in [1.807, 2.05) is 60.9 Å². The topological polar surface area (TPSA) is 99.6 Å². The minimum Gasteiger partial charge on any atom is -0.392 e. The summed E-state index contributed by atoms with van der Waals surface area (Å²) in [6.07, 6.45) is 7.28. The maximum absolute atomic E-state index is 9.46. The first kappa shape index (κ1) is 20.0.